The lowest BCUT2D eigenvalue weighted by molar-refractivity contribution is -0.110. The monoisotopic (exact) mass is 530 g/mol. The van der Waals surface area contributed by atoms with Crippen LogP contribution in [0, 0.1) is 5.41 Å². The Hall–Kier alpha value is -4.06. The molecule has 0 aliphatic heterocycles. The number of carbonyl (C=O) groups excluding carboxylic acids is 1. The number of nitrogens with zero attached hydrogens (tertiary/aromatic N) is 3. The fourth-order valence-corrected chi connectivity index (χ4v) is 5.46. The van der Waals surface area contributed by atoms with Crippen molar-refractivity contribution >= 4 is 62.9 Å². The minimum atomic E-state index is -0.444. The van der Waals surface area contributed by atoms with Crippen molar-refractivity contribution in [1.82, 2.24) is 9.71 Å². The maximum absolute atomic E-state index is 12.4. The number of amidine groups is 1. The van der Waals surface area contributed by atoms with Crippen molar-refractivity contribution in [2.75, 3.05) is 12.4 Å². The number of fused-ring (bicyclic) bond motifs is 1. The van der Waals surface area contributed by atoms with Crippen LogP contribution in [0.15, 0.2) is 87.8 Å². The van der Waals surface area contributed by atoms with Gasteiger partial charge < -0.3 is 16.9 Å². The van der Waals surface area contributed by atoms with Crippen LogP contribution in [-0.4, -0.2) is 35.7 Å². The van der Waals surface area contributed by atoms with Gasteiger partial charge in [0.2, 0.25) is 0 Å². The van der Waals surface area contributed by atoms with Gasteiger partial charge in [0.05, 0.1) is 22.5 Å². The number of nitrogen functional groups attached to an aromatic ring is 1. The molecule has 0 saturated heterocycles. The first-order valence-corrected chi connectivity index (χ1v) is 12.9. The number of hydrogen-bond acceptors (Lipinski definition) is 9. The molecule has 3 aromatic carbocycles. The highest BCUT2D eigenvalue weighted by molar-refractivity contribution is 7.97. The van der Waals surface area contributed by atoms with E-state index in [2.05, 4.69) is 26.2 Å². The van der Waals surface area contributed by atoms with Gasteiger partial charge in [-0.05, 0) is 60.3 Å². The Kier molecular flexibility index (Phi) is 8.62. The summed E-state index contributed by atoms with van der Waals surface area (Å²) in [5.41, 5.74) is 9.02. The third-order valence-electron chi connectivity index (χ3n) is 5.32. The van der Waals surface area contributed by atoms with Crippen molar-refractivity contribution < 1.29 is 4.79 Å². The van der Waals surface area contributed by atoms with Crippen LogP contribution in [0.3, 0.4) is 0 Å². The van der Waals surface area contributed by atoms with Gasteiger partial charge in [-0.15, -0.1) is 11.3 Å². The van der Waals surface area contributed by atoms with Crippen molar-refractivity contribution in [2.45, 2.75) is 17.4 Å². The number of carbonyl (C=O) groups is 1. The van der Waals surface area contributed by atoms with Gasteiger partial charge in [-0.1, -0.05) is 36.4 Å². The van der Waals surface area contributed by atoms with E-state index < -0.39 is 5.91 Å². The van der Waals surface area contributed by atoms with Gasteiger partial charge >= 0.3 is 0 Å². The third-order valence-corrected chi connectivity index (χ3v) is 7.36. The zero-order chi connectivity index (χ0) is 26.2. The van der Waals surface area contributed by atoms with Crippen LogP contribution in [-0.2, 0) is 11.2 Å². The van der Waals surface area contributed by atoms with E-state index in [1.807, 2.05) is 60.7 Å². The molecule has 0 aliphatic rings. The average molecular weight is 531 g/mol. The van der Waals surface area contributed by atoms with Gasteiger partial charge in [-0.3, -0.25) is 15.2 Å². The summed E-state index contributed by atoms with van der Waals surface area (Å²) in [6.45, 7) is 0. The fourth-order valence-electron chi connectivity index (χ4n) is 3.56. The van der Waals surface area contributed by atoms with Crippen LogP contribution in [0.25, 0.3) is 10.2 Å². The predicted molar refractivity (Wildman–Crippen MR) is 154 cm³/mol. The fraction of sp³-hybridized carbons (Fsp3) is 0.115. The Bertz CT molecular complexity index is 1450. The summed E-state index contributed by atoms with van der Waals surface area (Å²) in [6.07, 6.45) is 1.95. The molecule has 0 bridgehead atoms. The molecule has 0 unspecified atom stereocenters. The molecule has 1 amide bonds. The molecule has 11 heteroatoms. The van der Waals surface area contributed by atoms with Crippen LogP contribution in [0.2, 0.25) is 0 Å². The molecule has 1 heterocycles. The number of nitrogens with two attached hydrogens (primary N) is 2. The average Bonchev–Trinajstić information content (AvgIpc) is 3.34. The van der Waals surface area contributed by atoms with E-state index >= 15 is 0 Å². The number of aromatic nitrogens is 1. The Morgan fingerprint density at radius 1 is 1.16 bits per heavy atom. The second-order valence-corrected chi connectivity index (χ2v) is 9.97. The summed E-state index contributed by atoms with van der Waals surface area (Å²) in [7, 11) is 1.54. The van der Waals surface area contributed by atoms with E-state index in [-0.39, 0.29) is 17.6 Å². The second kappa shape index (κ2) is 12.3. The first-order valence-electron chi connectivity index (χ1n) is 11.3. The lowest BCUT2D eigenvalue weighted by atomic mass is 10.0. The third kappa shape index (κ3) is 6.79. The smallest absolute Gasteiger partial charge is 0.277 e. The van der Waals surface area contributed by atoms with Crippen LogP contribution in [0.1, 0.15) is 22.2 Å². The number of amides is 1. The van der Waals surface area contributed by atoms with Gasteiger partial charge in [0.15, 0.2) is 5.71 Å². The van der Waals surface area contributed by atoms with Gasteiger partial charge in [-0.2, -0.15) is 5.10 Å². The minimum absolute atomic E-state index is 0.0300. The zero-order valence-electron chi connectivity index (χ0n) is 20.0. The van der Waals surface area contributed by atoms with Crippen LogP contribution in [0.4, 0.5) is 5.69 Å². The molecule has 0 spiro atoms. The van der Waals surface area contributed by atoms with Crippen molar-refractivity contribution in [3.05, 3.63) is 88.9 Å². The number of rotatable bonds is 10. The lowest BCUT2D eigenvalue weighted by Crippen LogP contribution is -2.25. The van der Waals surface area contributed by atoms with Gasteiger partial charge in [0.25, 0.3) is 5.91 Å². The minimum Gasteiger partial charge on any atom is -0.384 e. The summed E-state index contributed by atoms with van der Waals surface area (Å²) < 4.78 is 4.66. The number of hydrogen-bond donors (Lipinski definition) is 5. The van der Waals surface area contributed by atoms with E-state index in [1.165, 1.54) is 18.2 Å². The van der Waals surface area contributed by atoms with E-state index in [0.29, 0.717) is 17.7 Å². The van der Waals surface area contributed by atoms with Gasteiger partial charge in [0.1, 0.15) is 10.8 Å². The molecular formula is C26H26N8OS2. The predicted octanol–water partition coefficient (Wildman–Crippen LogP) is 4.11. The van der Waals surface area contributed by atoms with E-state index in [0.717, 1.165) is 25.7 Å². The summed E-state index contributed by atoms with van der Waals surface area (Å²) in [4.78, 5) is 22.0. The van der Waals surface area contributed by atoms with Crippen molar-refractivity contribution in [3.8, 4) is 0 Å². The number of thiazole rings is 1. The molecule has 1 atom stereocenters. The summed E-state index contributed by atoms with van der Waals surface area (Å²) >= 11 is 3.09. The van der Waals surface area contributed by atoms with Gasteiger partial charge in [0, 0.05) is 23.2 Å². The molecule has 0 radical (unpaired) electrons. The standard InChI is InChI=1S/C26H26N8OS2/c1-30-15-22(33-29)25(35)31-18-8-5-9-19(14-18)37-34-21(13-16-6-4-7-17(12-16)24(27)28)26-32-20-10-2-3-11-23(20)36-26/h2-12,14-15,21,34H,13,29H2,1H3,(H3,27,28)(H,31,35)/b30-15?,33-22+/t21-/m0/s1. The number of aliphatic imine (C=N–C) groups is 1. The molecular weight excluding hydrogens is 504 g/mol. The number of benzene rings is 3. The number of hydrazone groups is 1. The van der Waals surface area contributed by atoms with Crippen LogP contribution < -0.4 is 21.6 Å². The Morgan fingerprint density at radius 2 is 1.97 bits per heavy atom. The van der Waals surface area contributed by atoms with Crippen molar-refractivity contribution in [3.63, 3.8) is 0 Å². The van der Waals surface area contributed by atoms with Crippen LogP contribution in [0.5, 0.6) is 0 Å². The number of para-hydroxylation sites is 1. The lowest BCUT2D eigenvalue weighted by Gasteiger charge is -2.17. The van der Waals surface area contributed by atoms with Crippen LogP contribution >= 0.6 is 23.3 Å². The molecule has 0 fully saturated rings. The first kappa shape index (κ1) is 26.0. The summed E-state index contributed by atoms with van der Waals surface area (Å²) in [5.74, 6) is 4.89. The molecule has 1 aromatic heterocycles. The molecule has 4 rings (SSSR count). The maximum Gasteiger partial charge on any atom is 0.277 e. The molecule has 188 valence electrons. The Balaban J connectivity index is 1.55. The van der Waals surface area contributed by atoms with Gasteiger partial charge in [-0.25, -0.2) is 9.71 Å². The SMILES string of the molecule is CN=C/C(=N\N)C(=O)Nc1cccc(SN[C@@H](Cc2cccc(C(=N)N)c2)c2nc3ccccc3s2)c1. The molecule has 7 N–H and O–H groups in total. The Morgan fingerprint density at radius 3 is 2.73 bits per heavy atom. The number of nitrogens with one attached hydrogen (secondary N) is 3. The summed E-state index contributed by atoms with van der Waals surface area (Å²) in [6, 6.07) is 23.1. The molecule has 4 aromatic rings. The largest absolute Gasteiger partial charge is 0.384 e. The molecule has 0 saturated carbocycles. The summed E-state index contributed by atoms with van der Waals surface area (Å²) in [5, 5.41) is 15.0. The van der Waals surface area contributed by atoms with Crippen molar-refractivity contribution in [1.29, 1.82) is 5.41 Å². The highest BCUT2D eigenvalue weighted by Crippen LogP contribution is 2.31. The topological polar surface area (TPSA) is 155 Å². The molecule has 37 heavy (non-hydrogen) atoms. The highest BCUT2D eigenvalue weighted by atomic mass is 32.2. The zero-order valence-corrected chi connectivity index (χ0v) is 21.6. The first-order chi connectivity index (χ1) is 18.0. The van der Waals surface area contributed by atoms with E-state index in [1.54, 1.807) is 24.5 Å². The quantitative estimate of drug-likeness (QED) is 0.0683. The van der Waals surface area contributed by atoms with Crippen molar-refractivity contribution in [2.24, 2.45) is 21.7 Å². The van der Waals surface area contributed by atoms with E-state index in [4.69, 9.17) is 22.0 Å². The molecule has 0 aliphatic carbocycles. The Labute approximate surface area is 222 Å². The molecule has 9 nitrogen and oxygen atoms in total. The second-order valence-electron chi connectivity index (χ2n) is 7.99. The normalized spacial score (nSPS) is 12.6. The number of anilines is 1. The van der Waals surface area contributed by atoms with E-state index in [9.17, 15) is 4.79 Å². The maximum atomic E-state index is 12.4. The highest BCUT2D eigenvalue weighted by Gasteiger charge is 2.18.